The van der Waals surface area contributed by atoms with E-state index in [-0.39, 0.29) is 11.9 Å². The molecule has 1 aliphatic rings. The van der Waals surface area contributed by atoms with Gasteiger partial charge in [-0.25, -0.2) is 9.07 Å². The van der Waals surface area contributed by atoms with Gasteiger partial charge in [-0.15, -0.1) is 5.10 Å². The number of furan rings is 1. The molecule has 0 radical (unpaired) electrons. The minimum atomic E-state index is -0.409. The molecule has 1 saturated heterocycles. The van der Waals surface area contributed by atoms with Gasteiger partial charge in [-0.3, -0.25) is 4.90 Å². The average Bonchev–Trinajstić information content (AvgIpc) is 3.65. The van der Waals surface area contributed by atoms with Gasteiger partial charge in [-0.05, 0) is 70.8 Å². The molecule has 0 amide bonds. The van der Waals surface area contributed by atoms with Gasteiger partial charge in [0.25, 0.3) is 0 Å². The quantitative estimate of drug-likeness (QED) is 0.338. The van der Waals surface area contributed by atoms with Crippen LogP contribution in [0.5, 0.6) is 5.75 Å². The van der Waals surface area contributed by atoms with Crippen LogP contribution in [0.1, 0.15) is 41.6 Å². The first-order valence-corrected chi connectivity index (χ1v) is 11.7. The van der Waals surface area contributed by atoms with Crippen LogP contribution >= 0.6 is 0 Å². The van der Waals surface area contributed by atoms with Gasteiger partial charge in [0, 0.05) is 13.2 Å². The highest BCUT2D eigenvalue weighted by atomic mass is 19.1. The number of nitrogens with zero attached hydrogens (tertiary/aromatic N) is 5. The highest BCUT2D eigenvalue weighted by Crippen LogP contribution is 2.31. The zero-order valence-electron chi connectivity index (χ0n) is 19.6. The van der Waals surface area contributed by atoms with E-state index in [4.69, 9.17) is 13.9 Å². The van der Waals surface area contributed by atoms with Gasteiger partial charge >= 0.3 is 0 Å². The maximum atomic E-state index is 14.4. The topological polar surface area (TPSA) is 78.4 Å². The second kappa shape index (κ2) is 10.8. The summed E-state index contributed by atoms with van der Waals surface area (Å²) in [7, 11) is 1.64. The summed E-state index contributed by atoms with van der Waals surface area (Å²) in [6, 6.07) is 17.8. The molecule has 182 valence electrons. The third-order valence-electron chi connectivity index (χ3n) is 6.23. The van der Waals surface area contributed by atoms with E-state index in [9.17, 15) is 4.39 Å². The van der Waals surface area contributed by atoms with Crippen LogP contribution in [0.4, 0.5) is 4.39 Å². The number of rotatable bonds is 10. The third kappa shape index (κ3) is 5.58. The molecular formula is C26H28FN5O3. The molecule has 2 aromatic heterocycles. The minimum Gasteiger partial charge on any atom is -0.497 e. The first kappa shape index (κ1) is 23.2. The third-order valence-corrected chi connectivity index (χ3v) is 6.23. The van der Waals surface area contributed by atoms with Gasteiger partial charge in [0.15, 0.2) is 5.82 Å². The van der Waals surface area contributed by atoms with Gasteiger partial charge < -0.3 is 13.9 Å². The van der Waals surface area contributed by atoms with Crippen LogP contribution in [-0.2, 0) is 17.8 Å². The van der Waals surface area contributed by atoms with Crippen LogP contribution in [0, 0.1) is 5.82 Å². The van der Waals surface area contributed by atoms with E-state index >= 15 is 0 Å². The molecule has 0 aliphatic carbocycles. The molecule has 0 N–H and O–H groups in total. The van der Waals surface area contributed by atoms with Gasteiger partial charge in [0.05, 0.1) is 38.6 Å². The summed E-state index contributed by atoms with van der Waals surface area (Å²) in [6.07, 6.45) is 3.73. The van der Waals surface area contributed by atoms with Crippen molar-refractivity contribution >= 4 is 0 Å². The highest BCUT2D eigenvalue weighted by Gasteiger charge is 2.32. The molecule has 0 bridgehead atoms. The van der Waals surface area contributed by atoms with Crippen LogP contribution in [0.3, 0.4) is 0 Å². The molecule has 0 unspecified atom stereocenters. The SMILES string of the molecule is COc1ccc(Cn2nnnc2[C@H](c2cccc(F)c2)N(Cc2ccco2)C[C@@H]2CCCO2)cc1. The summed E-state index contributed by atoms with van der Waals surface area (Å²) in [5.74, 6) is 1.90. The van der Waals surface area contributed by atoms with Crippen LogP contribution in [0.25, 0.3) is 0 Å². The molecule has 0 saturated carbocycles. The lowest BCUT2D eigenvalue weighted by atomic mass is 10.0. The molecule has 0 spiro atoms. The molecule has 2 aromatic carbocycles. The molecule has 2 atom stereocenters. The summed E-state index contributed by atoms with van der Waals surface area (Å²) >= 11 is 0. The Morgan fingerprint density at radius 3 is 2.77 bits per heavy atom. The van der Waals surface area contributed by atoms with Crippen molar-refractivity contribution in [1.82, 2.24) is 25.1 Å². The smallest absolute Gasteiger partial charge is 0.173 e. The molecule has 8 nitrogen and oxygen atoms in total. The summed E-state index contributed by atoms with van der Waals surface area (Å²) < 4.78 is 33.1. The monoisotopic (exact) mass is 477 g/mol. The van der Waals surface area contributed by atoms with E-state index in [1.807, 2.05) is 42.5 Å². The van der Waals surface area contributed by atoms with Crippen molar-refractivity contribution in [2.24, 2.45) is 0 Å². The Morgan fingerprint density at radius 2 is 2.06 bits per heavy atom. The number of ether oxygens (including phenoxy) is 2. The predicted molar refractivity (Wildman–Crippen MR) is 126 cm³/mol. The van der Waals surface area contributed by atoms with Crippen LogP contribution in [0.15, 0.2) is 71.3 Å². The molecular weight excluding hydrogens is 449 g/mol. The van der Waals surface area contributed by atoms with E-state index in [0.717, 1.165) is 42.1 Å². The zero-order valence-corrected chi connectivity index (χ0v) is 19.6. The highest BCUT2D eigenvalue weighted by molar-refractivity contribution is 5.29. The number of aromatic nitrogens is 4. The number of tetrazole rings is 1. The summed E-state index contributed by atoms with van der Waals surface area (Å²) in [5, 5.41) is 12.7. The van der Waals surface area contributed by atoms with E-state index in [2.05, 4.69) is 20.4 Å². The van der Waals surface area contributed by atoms with E-state index in [1.54, 1.807) is 30.2 Å². The molecule has 5 rings (SSSR count). The Labute approximate surface area is 203 Å². The van der Waals surface area contributed by atoms with Crippen molar-refractivity contribution < 1.29 is 18.3 Å². The van der Waals surface area contributed by atoms with E-state index in [1.165, 1.54) is 6.07 Å². The van der Waals surface area contributed by atoms with Gasteiger partial charge in [-0.1, -0.05) is 24.3 Å². The van der Waals surface area contributed by atoms with Crippen molar-refractivity contribution in [2.45, 2.75) is 38.1 Å². The normalized spacial score (nSPS) is 16.6. The second-order valence-corrected chi connectivity index (χ2v) is 8.64. The van der Waals surface area contributed by atoms with Crippen molar-refractivity contribution in [3.05, 3.63) is 95.5 Å². The standard InChI is InChI=1S/C26H28FN5O3/c1-33-22-11-9-19(10-12-22)16-32-26(28-29-30-32)25(20-5-2-6-21(27)15-20)31(17-23-7-3-13-34-23)18-24-8-4-14-35-24/h2-3,5-7,9-13,15,24-25H,4,8,14,16-18H2,1H3/t24-,25-/m0/s1. The lowest BCUT2D eigenvalue weighted by Crippen LogP contribution is -2.37. The number of hydrogen-bond donors (Lipinski definition) is 0. The first-order valence-electron chi connectivity index (χ1n) is 11.7. The fourth-order valence-corrected chi connectivity index (χ4v) is 4.54. The van der Waals surface area contributed by atoms with Gasteiger partial charge in [-0.2, -0.15) is 0 Å². The Kier molecular flexibility index (Phi) is 7.15. The van der Waals surface area contributed by atoms with Crippen LogP contribution in [0.2, 0.25) is 0 Å². The Balaban J connectivity index is 1.53. The predicted octanol–water partition coefficient (Wildman–Crippen LogP) is 4.23. The lowest BCUT2D eigenvalue weighted by molar-refractivity contribution is 0.0547. The van der Waals surface area contributed by atoms with E-state index < -0.39 is 6.04 Å². The Bertz CT molecular complexity index is 1210. The fourth-order valence-electron chi connectivity index (χ4n) is 4.54. The van der Waals surface area contributed by atoms with Crippen LogP contribution in [-0.4, -0.2) is 51.5 Å². The molecule has 4 aromatic rings. The van der Waals surface area contributed by atoms with Crippen molar-refractivity contribution in [1.29, 1.82) is 0 Å². The summed E-state index contributed by atoms with van der Waals surface area (Å²) in [5.41, 5.74) is 1.79. The summed E-state index contributed by atoms with van der Waals surface area (Å²) in [4.78, 5) is 2.21. The van der Waals surface area contributed by atoms with Gasteiger partial charge in [0.1, 0.15) is 17.3 Å². The van der Waals surface area contributed by atoms with Crippen molar-refractivity contribution in [2.75, 3.05) is 20.3 Å². The maximum absolute atomic E-state index is 14.4. The van der Waals surface area contributed by atoms with Crippen molar-refractivity contribution in [3.8, 4) is 5.75 Å². The number of halogens is 1. The van der Waals surface area contributed by atoms with E-state index in [0.29, 0.717) is 25.5 Å². The lowest BCUT2D eigenvalue weighted by Gasteiger charge is -2.32. The second-order valence-electron chi connectivity index (χ2n) is 8.64. The first-order chi connectivity index (χ1) is 17.2. The number of benzene rings is 2. The molecule has 35 heavy (non-hydrogen) atoms. The largest absolute Gasteiger partial charge is 0.497 e. The molecule has 1 fully saturated rings. The Hall–Kier alpha value is -3.56. The average molecular weight is 478 g/mol. The van der Waals surface area contributed by atoms with Crippen molar-refractivity contribution in [3.63, 3.8) is 0 Å². The summed E-state index contributed by atoms with van der Waals surface area (Å²) in [6.45, 7) is 2.35. The molecule has 1 aliphatic heterocycles. The van der Waals surface area contributed by atoms with Crippen LogP contribution < -0.4 is 4.74 Å². The number of methoxy groups -OCH3 is 1. The molecule has 9 heteroatoms. The maximum Gasteiger partial charge on any atom is 0.173 e. The Morgan fingerprint density at radius 1 is 1.17 bits per heavy atom. The fraction of sp³-hybridized carbons (Fsp3) is 0.346. The number of hydrogen-bond acceptors (Lipinski definition) is 7. The van der Waals surface area contributed by atoms with Gasteiger partial charge in [0.2, 0.25) is 0 Å². The molecule has 3 heterocycles. The minimum absolute atomic E-state index is 0.0759. The zero-order chi connectivity index (χ0) is 24.0.